The van der Waals surface area contributed by atoms with Gasteiger partial charge in [0.15, 0.2) is 0 Å². The normalized spacial score (nSPS) is 10.6. The molecule has 0 aromatic heterocycles. The molecular weight excluding hydrogens is 342 g/mol. The van der Waals surface area contributed by atoms with Gasteiger partial charge in [0.25, 0.3) is 0 Å². The lowest BCUT2D eigenvalue weighted by Gasteiger charge is -2.18. The molecule has 0 unspecified atom stereocenters. The van der Waals surface area contributed by atoms with Gasteiger partial charge >= 0.3 is 5.97 Å². The Hall–Kier alpha value is -2.30. The zero-order chi connectivity index (χ0) is 18.9. The molecule has 0 amide bonds. The van der Waals surface area contributed by atoms with Crippen LogP contribution in [0.4, 0.5) is 0 Å². The van der Waals surface area contributed by atoms with Crippen molar-refractivity contribution in [3.63, 3.8) is 0 Å². The Kier molecular flexibility index (Phi) is 8.19. The molecule has 1 aromatic carbocycles. The van der Waals surface area contributed by atoms with Gasteiger partial charge in [-0.3, -0.25) is 0 Å². The van der Waals surface area contributed by atoms with Gasteiger partial charge in [-0.2, -0.15) is 4.31 Å². The molecule has 6 nitrogen and oxygen atoms in total. The van der Waals surface area contributed by atoms with E-state index in [1.54, 1.807) is 25.1 Å². The minimum absolute atomic E-state index is 0.114. The Labute approximate surface area is 149 Å². The topological polar surface area (TPSA) is 72.9 Å². The van der Waals surface area contributed by atoms with Crippen molar-refractivity contribution < 1.29 is 22.7 Å². The Morgan fingerprint density at radius 3 is 2.40 bits per heavy atom. The molecule has 7 heteroatoms. The van der Waals surface area contributed by atoms with Crippen molar-refractivity contribution >= 4 is 16.0 Å². The van der Waals surface area contributed by atoms with E-state index >= 15 is 0 Å². The summed E-state index contributed by atoms with van der Waals surface area (Å²) in [5.74, 6) is 4.74. The van der Waals surface area contributed by atoms with E-state index in [-0.39, 0.29) is 24.6 Å². The fourth-order valence-electron chi connectivity index (χ4n) is 1.80. The number of benzene rings is 1. The minimum atomic E-state index is -3.75. The van der Waals surface area contributed by atoms with E-state index < -0.39 is 16.0 Å². The third kappa shape index (κ3) is 6.61. The number of rotatable bonds is 7. The zero-order valence-electron chi connectivity index (χ0n) is 14.9. The number of hydrogen-bond donors (Lipinski definition) is 0. The Morgan fingerprint density at radius 1 is 1.24 bits per heavy atom. The number of allylic oxidation sites excluding steroid dienone is 1. The molecule has 25 heavy (non-hydrogen) atoms. The van der Waals surface area contributed by atoms with Crippen LogP contribution in [0.2, 0.25) is 0 Å². The summed E-state index contributed by atoms with van der Waals surface area (Å²) < 4.78 is 36.6. The van der Waals surface area contributed by atoms with Crippen molar-refractivity contribution in [2.24, 2.45) is 0 Å². The van der Waals surface area contributed by atoms with E-state index in [0.717, 1.165) is 5.57 Å². The summed E-state index contributed by atoms with van der Waals surface area (Å²) in [6, 6.07) is 6.11. The second-order valence-corrected chi connectivity index (χ2v) is 7.21. The third-order valence-corrected chi connectivity index (χ3v) is 4.95. The number of carbonyl (C=O) groups is 1. The van der Waals surface area contributed by atoms with E-state index in [0.29, 0.717) is 5.75 Å². The lowest BCUT2D eigenvalue weighted by molar-refractivity contribution is -0.136. The number of ether oxygens (including phenoxy) is 2. The summed E-state index contributed by atoms with van der Waals surface area (Å²) in [6.07, 6.45) is 1.78. The molecule has 1 aromatic rings. The highest BCUT2D eigenvalue weighted by Gasteiger charge is 2.23. The lowest BCUT2D eigenvalue weighted by atomic mass is 10.3. The Bertz CT molecular complexity index is 766. The van der Waals surface area contributed by atoms with Crippen LogP contribution in [0, 0.1) is 11.8 Å². The highest BCUT2D eigenvalue weighted by Crippen LogP contribution is 2.19. The van der Waals surface area contributed by atoms with Crippen LogP contribution in [0.25, 0.3) is 0 Å². The number of esters is 1. The number of hydrogen-bond acceptors (Lipinski definition) is 5. The van der Waals surface area contributed by atoms with Crippen LogP contribution >= 0.6 is 0 Å². The van der Waals surface area contributed by atoms with Crippen molar-refractivity contribution in [3.8, 4) is 17.6 Å². The second-order valence-electron chi connectivity index (χ2n) is 5.28. The highest BCUT2D eigenvalue weighted by molar-refractivity contribution is 7.89. The number of methoxy groups -OCH3 is 1. The smallest absolute Gasteiger partial charge is 0.384 e. The van der Waals surface area contributed by atoms with Gasteiger partial charge in [0.05, 0.1) is 25.2 Å². The van der Waals surface area contributed by atoms with Gasteiger partial charge in [-0.05, 0) is 45.0 Å². The molecule has 1 rings (SSSR count). The van der Waals surface area contributed by atoms with E-state index in [9.17, 15) is 13.2 Å². The van der Waals surface area contributed by atoms with Crippen molar-refractivity contribution in [1.82, 2.24) is 4.31 Å². The van der Waals surface area contributed by atoms with Crippen LogP contribution in [-0.2, 0) is 19.6 Å². The molecular formula is C18H23NO5S. The summed E-state index contributed by atoms with van der Waals surface area (Å²) in [6.45, 7) is 5.70. The van der Waals surface area contributed by atoms with Gasteiger partial charge in [0.1, 0.15) is 5.75 Å². The first kappa shape index (κ1) is 20.7. The van der Waals surface area contributed by atoms with Crippen LogP contribution in [-0.4, -0.2) is 45.5 Å². The standard InChI is InChI=1S/C18H23NO5S/c1-5-24-18(20)7-6-13-19(14-12-15(2)3)25(21,22)17-10-8-16(23-4)9-11-17/h8-12H,5,13-14H2,1-4H3. The molecule has 0 atom stereocenters. The summed E-state index contributed by atoms with van der Waals surface area (Å²) in [5, 5.41) is 0. The monoisotopic (exact) mass is 365 g/mol. The van der Waals surface area contributed by atoms with Gasteiger partial charge in [0, 0.05) is 12.5 Å². The maximum atomic E-state index is 12.8. The van der Waals surface area contributed by atoms with Crippen molar-refractivity contribution in [2.75, 3.05) is 26.8 Å². The molecule has 0 saturated carbocycles. The maximum absolute atomic E-state index is 12.8. The predicted molar refractivity (Wildman–Crippen MR) is 95.6 cm³/mol. The molecule has 0 aliphatic carbocycles. The highest BCUT2D eigenvalue weighted by atomic mass is 32.2. The molecule has 0 fully saturated rings. The van der Waals surface area contributed by atoms with E-state index in [1.807, 2.05) is 13.8 Å². The maximum Gasteiger partial charge on any atom is 0.384 e. The van der Waals surface area contributed by atoms with E-state index in [4.69, 9.17) is 9.47 Å². The quantitative estimate of drug-likeness (QED) is 0.321. The third-order valence-electron chi connectivity index (χ3n) is 3.12. The molecule has 136 valence electrons. The predicted octanol–water partition coefficient (Wildman–Crippen LogP) is 2.22. The van der Waals surface area contributed by atoms with Gasteiger partial charge in [-0.25, -0.2) is 13.2 Å². The van der Waals surface area contributed by atoms with Crippen LogP contribution < -0.4 is 4.74 Å². The van der Waals surface area contributed by atoms with Crippen LogP contribution in [0.1, 0.15) is 20.8 Å². The van der Waals surface area contributed by atoms with E-state index in [1.165, 1.54) is 23.5 Å². The SMILES string of the molecule is CCOC(=O)C#CCN(CC=C(C)C)S(=O)(=O)c1ccc(OC)cc1. The molecule has 0 saturated heterocycles. The van der Waals surface area contributed by atoms with Gasteiger partial charge in [0.2, 0.25) is 10.0 Å². The summed E-state index contributed by atoms with van der Waals surface area (Å²) in [5.41, 5.74) is 0.980. The van der Waals surface area contributed by atoms with Gasteiger partial charge in [-0.15, -0.1) is 0 Å². The average molecular weight is 365 g/mol. The fraction of sp³-hybridized carbons (Fsp3) is 0.389. The summed E-state index contributed by atoms with van der Waals surface area (Å²) in [7, 11) is -2.24. The molecule has 0 aliphatic heterocycles. The molecule has 0 heterocycles. The minimum Gasteiger partial charge on any atom is -0.497 e. The van der Waals surface area contributed by atoms with Crippen LogP contribution in [0.5, 0.6) is 5.75 Å². The van der Waals surface area contributed by atoms with Gasteiger partial charge in [-0.1, -0.05) is 17.6 Å². The number of carbonyl (C=O) groups excluding carboxylic acids is 1. The van der Waals surface area contributed by atoms with Crippen LogP contribution in [0.15, 0.2) is 40.8 Å². The summed E-state index contributed by atoms with van der Waals surface area (Å²) >= 11 is 0. The van der Waals surface area contributed by atoms with E-state index in [2.05, 4.69) is 11.8 Å². The average Bonchev–Trinajstić information content (AvgIpc) is 2.57. The molecule has 0 spiro atoms. The lowest BCUT2D eigenvalue weighted by Crippen LogP contribution is -2.32. The van der Waals surface area contributed by atoms with Crippen molar-refractivity contribution in [3.05, 3.63) is 35.9 Å². The Morgan fingerprint density at radius 2 is 1.88 bits per heavy atom. The largest absolute Gasteiger partial charge is 0.497 e. The number of nitrogens with zero attached hydrogens (tertiary/aromatic N) is 1. The van der Waals surface area contributed by atoms with Crippen molar-refractivity contribution in [1.29, 1.82) is 0 Å². The molecule has 0 bridgehead atoms. The first-order chi connectivity index (χ1) is 11.8. The summed E-state index contributed by atoms with van der Waals surface area (Å²) in [4.78, 5) is 11.4. The molecule has 0 radical (unpaired) electrons. The second kappa shape index (κ2) is 9.87. The van der Waals surface area contributed by atoms with Gasteiger partial charge < -0.3 is 9.47 Å². The number of sulfonamides is 1. The fourth-order valence-corrected chi connectivity index (χ4v) is 3.08. The first-order valence-corrected chi connectivity index (χ1v) is 9.18. The first-order valence-electron chi connectivity index (χ1n) is 7.74. The zero-order valence-corrected chi connectivity index (χ0v) is 15.7. The Balaban J connectivity index is 3.07. The van der Waals surface area contributed by atoms with Crippen LogP contribution in [0.3, 0.4) is 0 Å². The molecule has 0 N–H and O–H groups in total. The molecule has 0 aliphatic rings. The van der Waals surface area contributed by atoms with Crippen molar-refractivity contribution in [2.45, 2.75) is 25.7 Å².